The first-order chi connectivity index (χ1) is 6.83. The fraction of sp³-hybridized carbons (Fsp3) is 0.300. The molecular formula is C10H12FNO3. The van der Waals surface area contributed by atoms with Crippen LogP contribution in [0.25, 0.3) is 0 Å². The number of carbonyl (C=O) groups is 1. The predicted octanol–water partition coefficient (Wildman–Crippen LogP) is 0.876. The highest BCUT2D eigenvalue weighted by molar-refractivity contribution is 5.78. The molecule has 1 atom stereocenters. The molecule has 0 aromatic heterocycles. The minimum Gasteiger partial charge on any atom is -0.508 e. The third-order valence-electron chi connectivity index (χ3n) is 2.08. The number of rotatable bonds is 3. The Morgan fingerprint density at radius 1 is 1.60 bits per heavy atom. The van der Waals surface area contributed by atoms with Gasteiger partial charge in [0.2, 0.25) is 0 Å². The minimum absolute atomic E-state index is 0.0856. The lowest BCUT2D eigenvalue weighted by molar-refractivity contribution is -0.142. The Kier molecular flexibility index (Phi) is 2.95. The van der Waals surface area contributed by atoms with Gasteiger partial charge >= 0.3 is 5.97 Å². The zero-order chi connectivity index (χ0) is 11.6. The van der Waals surface area contributed by atoms with Crippen LogP contribution in [0.2, 0.25) is 0 Å². The summed E-state index contributed by atoms with van der Waals surface area (Å²) in [5, 5.41) is 17.9. The maximum atomic E-state index is 13.2. The Hall–Kier alpha value is -1.62. The van der Waals surface area contributed by atoms with Gasteiger partial charge in [0.1, 0.15) is 17.1 Å². The molecule has 0 radical (unpaired) electrons. The molecule has 4 N–H and O–H groups in total. The number of carboxylic acids is 1. The SMILES string of the molecule is CC(N)(Cc1cc(O)ccc1[18F])C(=O)O. The number of hydrogen-bond acceptors (Lipinski definition) is 3. The van der Waals surface area contributed by atoms with Crippen molar-refractivity contribution in [1.29, 1.82) is 0 Å². The summed E-state index contributed by atoms with van der Waals surface area (Å²) in [6.07, 6.45) is -0.178. The van der Waals surface area contributed by atoms with Crippen molar-refractivity contribution in [3.8, 4) is 5.75 Å². The van der Waals surface area contributed by atoms with Crippen molar-refractivity contribution in [2.75, 3.05) is 0 Å². The molecule has 0 spiro atoms. The maximum absolute atomic E-state index is 13.2. The molecule has 0 fully saturated rings. The Bertz CT molecular complexity index is 390. The Morgan fingerprint density at radius 3 is 2.73 bits per heavy atom. The second-order valence-corrected chi connectivity index (χ2v) is 3.68. The molecule has 82 valence electrons. The van der Waals surface area contributed by atoms with E-state index in [1.165, 1.54) is 19.1 Å². The van der Waals surface area contributed by atoms with Crippen molar-refractivity contribution >= 4 is 5.97 Å². The molecule has 4 nitrogen and oxygen atoms in total. The zero-order valence-corrected chi connectivity index (χ0v) is 8.20. The number of hydrogen-bond donors (Lipinski definition) is 3. The van der Waals surface area contributed by atoms with E-state index in [1.54, 1.807) is 0 Å². The van der Waals surface area contributed by atoms with Crippen molar-refractivity contribution in [3.63, 3.8) is 0 Å². The number of carboxylic acid groups (broad SMARTS) is 1. The van der Waals surface area contributed by atoms with Gasteiger partial charge in [0, 0.05) is 6.42 Å². The van der Waals surface area contributed by atoms with E-state index < -0.39 is 17.3 Å². The summed E-state index contributed by atoms with van der Waals surface area (Å²) in [4.78, 5) is 10.7. The van der Waals surface area contributed by atoms with Crippen molar-refractivity contribution in [2.45, 2.75) is 18.9 Å². The van der Waals surface area contributed by atoms with E-state index in [9.17, 15) is 9.18 Å². The lowest BCUT2D eigenvalue weighted by Gasteiger charge is -2.19. The van der Waals surface area contributed by atoms with Crippen molar-refractivity contribution < 1.29 is 19.4 Å². The summed E-state index contributed by atoms with van der Waals surface area (Å²) in [6, 6.07) is 3.43. The second kappa shape index (κ2) is 3.86. The summed E-state index contributed by atoms with van der Waals surface area (Å²) < 4.78 is 13.2. The van der Waals surface area contributed by atoms with Crippen LogP contribution in [0.1, 0.15) is 12.5 Å². The van der Waals surface area contributed by atoms with E-state index in [0.29, 0.717) is 0 Å². The Balaban J connectivity index is 2.99. The third kappa shape index (κ3) is 2.66. The number of benzene rings is 1. The first-order valence-corrected chi connectivity index (χ1v) is 4.32. The van der Waals surface area contributed by atoms with Crippen molar-refractivity contribution in [3.05, 3.63) is 29.6 Å². The van der Waals surface area contributed by atoms with E-state index in [0.717, 1.165) is 6.07 Å². The highest BCUT2D eigenvalue weighted by Crippen LogP contribution is 2.19. The summed E-state index contributed by atoms with van der Waals surface area (Å²) in [5.74, 6) is -1.91. The summed E-state index contributed by atoms with van der Waals surface area (Å²) in [7, 11) is 0. The van der Waals surface area contributed by atoms with Gasteiger partial charge in [-0.1, -0.05) is 0 Å². The van der Waals surface area contributed by atoms with Gasteiger partial charge in [0.15, 0.2) is 0 Å². The smallest absolute Gasteiger partial charge is 0.323 e. The molecule has 0 bridgehead atoms. The molecule has 15 heavy (non-hydrogen) atoms. The number of aromatic hydroxyl groups is 1. The van der Waals surface area contributed by atoms with Gasteiger partial charge in [0.25, 0.3) is 0 Å². The molecule has 5 heteroatoms. The quantitative estimate of drug-likeness (QED) is 0.694. The second-order valence-electron chi connectivity index (χ2n) is 3.68. The molecule has 0 saturated carbocycles. The molecule has 0 aliphatic rings. The molecule has 1 aromatic rings. The van der Waals surface area contributed by atoms with E-state index in [4.69, 9.17) is 15.9 Å². The third-order valence-corrected chi connectivity index (χ3v) is 2.08. The molecule has 0 amide bonds. The fourth-order valence-corrected chi connectivity index (χ4v) is 1.17. The van der Waals surface area contributed by atoms with Crippen LogP contribution in [0.15, 0.2) is 18.2 Å². The van der Waals surface area contributed by atoms with E-state index in [1.807, 2.05) is 0 Å². The van der Waals surface area contributed by atoms with Gasteiger partial charge in [-0.05, 0) is 30.7 Å². The van der Waals surface area contributed by atoms with Crippen LogP contribution >= 0.6 is 0 Å². The minimum atomic E-state index is -1.55. The number of nitrogens with two attached hydrogens (primary N) is 1. The Morgan fingerprint density at radius 2 is 2.20 bits per heavy atom. The summed E-state index contributed by atoms with van der Waals surface area (Å²) in [6.45, 7) is 1.29. The summed E-state index contributed by atoms with van der Waals surface area (Å²) >= 11 is 0. The van der Waals surface area contributed by atoms with E-state index in [-0.39, 0.29) is 17.7 Å². The van der Waals surface area contributed by atoms with Crippen LogP contribution in [-0.4, -0.2) is 21.7 Å². The van der Waals surface area contributed by atoms with Crippen LogP contribution in [0, 0.1) is 5.82 Å². The lowest BCUT2D eigenvalue weighted by atomic mass is 9.94. The van der Waals surface area contributed by atoms with Crippen molar-refractivity contribution in [1.82, 2.24) is 0 Å². The maximum Gasteiger partial charge on any atom is 0.323 e. The highest BCUT2D eigenvalue weighted by atomic mass is 18.2. The number of phenolic OH excluding ortho intramolecular Hbond substituents is 1. The molecule has 0 aliphatic carbocycles. The molecule has 0 heterocycles. The van der Waals surface area contributed by atoms with Gasteiger partial charge in [-0.3, -0.25) is 4.79 Å². The molecule has 0 saturated heterocycles. The average molecular weight is 212 g/mol. The molecule has 1 unspecified atom stereocenters. The average Bonchev–Trinajstić information content (AvgIpc) is 2.10. The van der Waals surface area contributed by atoms with Gasteiger partial charge in [-0.15, -0.1) is 0 Å². The fourth-order valence-electron chi connectivity index (χ4n) is 1.17. The number of aliphatic carboxylic acids is 1. The van der Waals surface area contributed by atoms with Gasteiger partial charge in [-0.2, -0.15) is 0 Å². The molecule has 0 aliphatic heterocycles. The van der Waals surface area contributed by atoms with E-state index in [2.05, 4.69) is 0 Å². The Labute approximate surface area is 86.1 Å². The largest absolute Gasteiger partial charge is 0.508 e. The topological polar surface area (TPSA) is 83.5 Å². The molecular weight excluding hydrogens is 200 g/mol. The highest BCUT2D eigenvalue weighted by Gasteiger charge is 2.29. The standard InChI is InChI=1S/C10H12FNO3/c1-10(12,9(14)15)5-6-4-7(13)2-3-8(6)11/h2-4,13H,5,12H2,1H3,(H,14,15)/i11-1. The summed E-state index contributed by atoms with van der Waals surface area (Å²) in [5.41, 5.74) is 4.00. The van der Waals surface area contributed by atoms with Crippen LogP contribution < -0.4 is 5.73 Å². The zero-order valence-electron chi connectivity index (χ0n) is 8.20. The first kappa shape index (κ1) is 11.5. The monoisotopic (exact) mass is 212 g/mol. The van der Waals surface area contributed by atoms with Gasteiger partial charge in [-0.25, -0.2) is 4.39 Å². The van der Waals surface area contributed by atoms with Crippen LogP contribution in [0.3, 0.4) is 0 Å². The van der Waals surface area contributed by atoms with Gasteiger partial charge in [0.05, 0.1) is 0 Å². The normalized spacial score (nSPS) is 14.6. The number of halogens is 1. The first-order valence-electron chi connectivity index (χ1n) is 4.32. The van der Waals surface area contributed by atoms with Gasteiger partial charge < -0.3 is 15.9 Å². The molecule has 1 aromatic carbocycles. The van der Waals surface area contributed by atoms with E-state index >= 15 is 0 Å². The van der Waals surface area contributed by atoms with Crippen LogP contribution in [0.5, 0.6) is 5.75 Å². The predicted molar refractivity (Wildman–Crippen MR) is 52.0 cm³/mol. The van der Waals surface area contributed by atoms with Crippen LogP contribution in [0.4, 0.5) is 4.39 Å². The van der Waals surface area contributed by atoms with Crippen LogP contribution in [-0.2, 0) is 11.2 Å². The molecule has 1 rings (SSSR count). The number of phenols is 1. The van der Waals surface area contributed by atoms with Crippen molar-refractivity contribution in [2.24, 2.45) is 5.73 Å². The lowest BCUT2D eigenvalue weighted by Crippen LogP contribution is -2.47.